The number of benzene rings is 1. The Balaban J connectivity index is 2.23. The minimum absolute atomic E-state index is 0.554. The van der Waals surface area contributed by atoms with Crippen LogP contribution in [0.5, 0.6) is 5.75 Å². The van der Waals surface area contributed by atoms with E-state index in [-0.39, 0.29) is 0 Å². The van der Waals surface area contributed by atoms with E-state index in [0.29, 0.717) is 6.54 Å². The Labute approximate surface area is 106 Å². The van der Waals surface area contributed by atoms with Crippen LogP contribution in [0.25, 0.3) is 0 Å². The van der Waals surface area contributed by atoms with E-state index in [9.17, 15) is 5.21 Å². The fourth-order valence-corrected chi connectivity index (χ4v) is 1.73. The van der Waals surface area contributed by atoms with Crippen LogP contribution in [0.3, 0.4) is 0 Å². The lowest BCUT2D eigenvalue weighted by atomic mass is 10.1. The summed E-state index contributed by atoms with van der Waals surface area (Å²) in [5, 5.41) is 11.0. The second-order valence-electron chi connectivity index (χ2n) is 3.85. The third kappa shape index (κ3) is 2.68. The molecular formula is C13H15N3O2. The smallest absolute Gasteiger partial charge is 0.247 e. The number of rotatable bonds is 4. The molecule has 5 nitrogen and oxygen atoms in total. The Hall–Kier alpha value is -2.30. The quantitative estimate of drug-likeness (QED) is 0.462. The Bertz CT molecular complexity index is 561. The van der Waals surface area contributed by atoms with Crippen LogP contribution in [-0.2, 0) is 6.54 Å². The van der Waals surface area contributed by atoms with Crippen molar-refractivity contribution in [2.45, 2.75) is 6.54 Å². The first-order valence-electron chi connectivity index (χ1n) is 5.57. The lowest BCUT2D eigenvalue weighted by Crippen LogP contribution is -2.22. The normalized spacial score (nSPS) is 11.6. The van der Waals surface area contributed by atoms with Crippen LogP contribution in [0.1, 0.15) is 5.56 Å². The first kappa shape index (κ1) is 12.2. The molecule has 0 fully saturated rings. The lowest BCUT2D eigenvalue weighted by Gasteiger charge is -2.06. The van der Waals surface area contributed by atoms with E-state index in [1.54, 1.807) is 24.9 Å². The largest absolute Gasteiger partial charge is 0.711 e. The topological polar surface area (TPSA) is 53.5 Å². The number of imidazole rings is 1. The number of aliphatic imine (C=N–C) groups is 1. The van der Waals surface area contributed by atoms with Crippen LogP contribution >= 0.6 is 0 Å². The number of hydrogen-bond acceptors (Lipinski definition) is 3. The van der Waals surface area contributed by atoms with Crippen LogP contribution in [-0.4, -0.2) is 24.4 Å². The first-order valence-corrected chi connectivity index (χ1v) is 5.57. The van der Waals surface area contributed by atoms with Crippen molar-refractivity contribution in [2.24, 2.45) is 4.99 Å². The highest BCUT2D eigenvalue weighted by atomic mass is 16.5. The van der Waals surface area contributed by atoms with Gasteiger partial charge in [0, 0.05) is 12.6 Å². The molecule has 2 rings (SSSR count). The van der Waals surface area contributed by atoms with Gasteiger partial charge in [0.1, 0.15) is 24.7 Å². The number of aromatic nitrogens is 2. The van der Waals surface area contributed by atoms with Crippen LogP contribution in [0.2, 0.25) is 0 Å². The lowest BCUT2D eigenvalue weighted by molar-refractivity contribution is -0.604. The van der Waals surface area contributed by atoms with Gasteiger partial charge in [-0.3, -0.25) is 4.99 Å². The van der Waals surface area contributed by atoms with Gasteiger partial charge in [0.15, 0.2) is 0 Å². The molecule has 0 amide bonds. The monoisotopic (exact) mass is 245 g/mol. The predicted octanol–water partition coefficient (Wildman–Crippen LogP) is 1.25. The van der Waals surface area contributed by atoms with E-state index in [0.717, 1.165) is 21.8 Å². The molecule has 0 unspecified atom stereocenters. The van der Waals surface area contributed by atoms with Gasteiger partial charge < -0.3 is 9.94 Å². The van der Waals surface area contributed by atoms with Gasteiger partial charge in [-0.15, -0.1) is 0 Å². The molecule has 0 N–H and O–H groups in total. The minimum atomic E-state index is 0.554. The summed E-state index contributed by atoms with van der Waals surface area (Å²) in [6, 6.07) is 7.71. The zero-order chi connectivity index (χ0) is 13.0. The number of ether oxygens (including phenoxy) is 1. The maximum atomic E-state index is 11.0. The summed E-state index contributed by atoms with van der Waals surface area (Å²) in [5.41, 5.74) is 1.88. The summed E-state index contributed by atoms with van der Waals surface area (Å²) < 4.78 is 7.74. The van der Waals surface area contributed by atoms with Crippen LogP contribution in [0, 0.1) is 5.21 Å². The molecule has 0 saturated carbocycles. The molecule has 0 saturated heterocycles. The van der Waals surface area contributed by atoms with Crippen molar-refractivity contribution in [1.29, 1.82) is 0 Å². The van der Waals surface area contributed by atoms with Crippen molar-refractivity contribution >= 4 is 5.71 Å². The molecule has 94 valence electrons. The Morgan fingerprint density at radius 3 is 2.94 bits per heavy atom. The van der Waals surface area contributed by atoms with Gasteiger partial charge in [0.05, 0.1) is 12.8 Å². The molecule has 0 atom stereocenters. The third-order valence-electron chi connectivity index (χ3n) is 2.67. The fraction of sp³-hybridized carbons (Fsp3) is 0.231. The summed E-state index contributed by atoms with van der Waals surface area (Å²) in [5.74, 6) is 0.792. The summed E-state index contributed by atoms with van der Waals surface area (Å²) in [7, 11) is 3.37. The Kier molecular flexibility index (Phi) is 3.62. The van der Waals surface area contributed by atoms with Crippen molar-refractivity contribution in [3.05, 3.63) is 53.8 Å². The van der Waals surface area contributed by atoms with E-state index in [2.05, 4.69) is 4.99 Å². The number of hydrogen-bond donors (Lipinski definition) is 0. The van der Waals surface area contributed by atoms with Gasteiger partial charge in [-0.25, -0.2) is 9.30 Å². The second kappa shape index (κ2) is 5.35. The van der Waals surface area contributed by atoms with Crippen LogP contribution in [0.15, 0.2) is 48.0 Å². The zero-order valence-electron chi connectivity index (χ0n) is 10.4. The molecule has 1 aromatic heterocycles. The van der Waals surface area contributed by atoms with Crippen molar-refractivity contribution in [3.63, 3.8) is 0 Å². The summed E-state index contributed by atoms with van der Waals surface area (Å²) in [6.45, 7) is 0.554. The molecule has 0 radical (unpaired) electrons. The summed E-state index contributed by atoms with van der Waals surface area (Å²) in [4.78, 5) is 4.27. The molecule has 0 aliphatic heterocycles. The summed E-state index contributed by atoms with van der Waals surface area (Å²) in [6.07, 6.45) is 4.66. The van der Waals surface area contributed by atoms with E-state index in [1.165, 1.54) is 12.5 Å². The Morgan fingerprint density at radius 2 is 2.33 bits per heavy atom. The number of methoxy groups -OCH3 is 1. The van der Waals surface area contributed by atoms with Gasteiger partial charge in [0.2, 0.25) is 6.33 Å². The first-order chi connectivity index (χ1) is 8.72. The molecule has 1 aromatic carbocycles. The molecule has 0 spiro atoms. The standard InChI is InChI=1S/C13H15N3O2/c1-14-13(9-15-6-7-16(17)10-15)11-4-3-5-12(8-11)18-2/h3-8,10H,9H2,1-2H3. The molecule has 0 aliphatic carbocycles. The highest BCUT2D eigenvalue weighted by Crippen LogP contribution is 2.14. The van der Waals surface area contributed by atoms with Crippen molar-refractivity contribution in [3.8, 4) is 5.75 Å². The van der Waals surface area contributed by atoms with Gasteiger partial charge >= 0.3 is 0 Å². The molecule has 1 heterocycles. The average molecular weight is 245 g/mol. The van der Waals surface area contributed by atoms with E-state index in [4.69, 9.17) is 4.74 Å². The van der Waals surface area contributed by atoms with E-state index in [1.807, 2.05) is 24.3 Å². The van der Waals surface area contributed by atoms with Crippen molar-refractivity contribution in [2.75, 3.05) is 14.2 Å². The second-order valence-corrected chi connectivity index (χ2v) is 3.85. The molecule has 0 bridgehead atoms. The molecule has 18 heavy (non-hydrogen) atoms. The Morgan fingerprint density at radius 1 is 1.50 bits per heavy atom. The van der Waals surface area contributed by atoms with Crippen molar-refractivity contribution in [1.82, 2.24) is 4.57 Å². The molecular weight excluding hydrogens is 230 g/mol. The highest BCUT2D eigenvalue weighted by molar-refractivity contribution is 6.00. The zero-order valence-corrected chi connectivity index (χ0v) is 10.4. The van der Waals surface area contributed by atoms with Crippen molar-refractivity contribution < 1.29 is 9.47 Å². The molecule has 2 aromatic rings. The van der Waals surface area contributed by atoms with Crippen LogP contribution in [0.4, 0.5) is 0 Å². The average Bonchev–Trinajstić information content (AvgIpc) is 2.81. The van der Waals surface area contributed by atoms with Gasteiger partial charge in [0.25, 0.3) is 0 Å². The predicted molar refractivity (Wildman–Crippen MR) is 68.8 cm³/mol. The molecule has 5 heteroatoms. The van der Waals surface area contributed by atoms with E-state index < -0.39 is 0 Å². The third-order valence-corrected chi connectivity index (χ3v) is 2.67. The van der Waals surface area contributed by atoms with Gasteiger partial charge in [-0.1, -0.05) is 12.1 Å². The highest BCUT2D eigenvalue weighted by Gasteiger charge is 2.08. The van der Waals surface area contributed by atoms with E-state index >= 15 is 0 Å². The summed E-state index contributed by atoms with van der Waals surface area (Å²) >= 11 is 0. The minimum Gasteiger partial charge on any atom is -0.711 e. The van der Waals surface area contributed by atoms with Gasteiger partial charge in [-0.2, -0.15) is 0 Å². The van der Waals surface area contributed by atoms with Gasteiger partial charge in [-0.05, 0) is 12.1 Å². The SMILES string of the molecule is CN=C(Cn1cc[n+]([O-])c1)c1cccc(OC)c1. The van der Waals surface area contributed by atoms with Crippen LogP contribution < -0.4 is 9.47 Å². The maximum absolute atomic E-state index is 11.0. The molecule has 0 aliphatic rings. The fourth-order valence-electron chi connectivity index (χ4n) is 1.73. The maximum Gasteiger partial charge on any atom is 0.247 e. The number of nitrogens with zero attached hydrogens (tertiary/aromatic N) is 3.